The first kappa shape index (κ1) is 25.3. The van der Waals surface area contributed by atoms with Gasteiger partial charge in [0.1, 0.15) is 11.5 Å². The van der Waals surface area contributed by atoms with Crippen LogP contribution in [0.4, 0.5) is 0 Å². The van der Waals surface area contributed by atoms with Crippen molar-refractivity contribution in [2.45, 2.75) is 77.7 Å². The van der Waals surface area contributed by atoms with Crippen molar-refractivity contribution in [3.05, 3.63) is 23.7 Å². The van der Waals surface area contributed by atoms with E-state index in [1.165, 1.54) is 6.08 Å². The first-order chi connectivity index (χ1) is 12.9. The molecule has 0 bridgehead atoms. The molecule has 0 saturated carbocycles. The SMILES string of the molecule is CCCC(=O)/C=C(O)\C=C(/C)OC(=O)CCCCC(CCCCNC)OC. The number of nitrogens with one attached hydrogen (secondary N) is 1. The zero-order valence-corrected chi connectivity index (χ0v) is 17.4. The van der Waals surface area contributed by atoms with Crippen molar-refractivity contribution in [3.8, 4) is 0 Å². The second-order valence-electron chi connectivity index (χ2n) is 6.72. The quantitative estimate of drug-likeness (QED) is 0.137. The number of ether oxygens (including phenoxy) is 2. The van der Waals surface area contributed by atoms with Gasteiger partial charge in [0.15, 0.2) is 5.78 Å². The van der Waals surface area contributed by atoms with E-state index in [4.69, 9.17) is 9.47 Å². The Kier molecular flexibility index (Phi) is 15.5. The zero-order valence-electron chi connectivity index (χ0n) is 17.4. The van der Waals surface area contributed by atoms with Crippen LogP contribution >= 0.6 is 0 Å². The Bertz CT molecular complexity index is 485. The third-order valence-corrected chi connectivity index (χ3v) is 4.12. The normalized spacial score (nSPS) is 13.5. The summed E-state index contributed by atoms with van der Waals surface area (Å²) in [4.78, 5) is 23.3. The minimum atomic E-state index is -0.334. The molecule has 1 unspecified atom stereocenters. The number of unbranched alkanes of at least 4 members (excludes halogenated alkanes) is 2. The van der Waals surface area contributed by atoms with Gasteiger partial charge >= 0.3 is 5.97 Å². The van der Waals surface area contributed by atoms with Gasteiger partial charge in [-0.2, -0.15) is 0 Å². The van der Waals surface area contributed by atoms with Gasteiger partial charge < -0.3 is 19.9 Å². The van der Waals surface area contributed by atoms with Gasteiger partial charge in [-0.05, 0) is 59.0 Å². The third-order valence-electron chi connectivity index (χ3n) is 4.12. The molecule has 0 saturated heterocycles. The number of esters is 1. The number of ketones is 1. The van der Waals surface area contributed by atoms with Crippen molar-refractivity contribution >= 4 is 11.8 Å². The summed E-state index contributed by atoms with van der Waals surface area (Å²) in [6.07, 6.45) is 9.98. The van der Waals surface area contributed by atoms with E-state index in [1.54, 1.807) is 14.0 Å². The van der Waals surface area contributed by atoms with Crippen molar-refractivity contribution in [3.63, 3.8) is 0 Å². The molecule has 0 aromatic carbocycles. The molecule has 0 aromatic rings. The predicted molar refractivity (Wildman–Crippen MR) is 108 cm³/mol. The molecule has 0 radical (unpaired) electrons. The minimum Gasteiger partial charge on any atom is -0.508 e. The number of carbonyl (C=O) groups excluding carboxylic acids is 2. The molecule has 0 heterocycles. The maximum Gasteiger partial charge on any atom is 0.310 e. The fourth-order valence-corrected chi connectivity index (χ4v) is 2.69. The van der Waals surface area contributed by atoms with E-state index in [0.29, 0.717) is 12.8 Å². The lowest BCUT2D eigenvalue weighted by Crippen LogP contribution is -2.13. The molecule has 6 heteroatoms. The highest BCUT2D eigenvalue weighted by Crippen LogP contribution is 2.13. The number of aliphatic hydroxyl groups is 1. The maximum atomic E-state index is 11.8. The van der Waals surface area contributed by atoms with Gasteiger partial charge in [-0.15, -0.1) is 0 Å². The van der Waals surface area contributed by atoms with Gasteiger partial charge in [-0.3, -0.25) is 9.59 Å². The summed E-state index contributed by atoms with van der Waals surface area (Å²) in [5.74, 6) is -0.402. The zero-order chi connectivity index (χ0) is 20.5. The second kappa shape index (κ2) is 16.5. The van der Waals surface area contributed by atoms with Crippen molar-refractivity contribution in [1.82, 2.24) is 5.32 Å². The van der Waals surface area contributed by atoms with Crippen LogP contribution in [-0.2, 0) is 19.1 Å². The van der Waals surface area contributed by atoms with Gasteiger partial charge in [0.05, 0.1) is 6.10 Å². The lowest BCUT2D eigenvalue weighted by atomic mass is 10.0. The third kappa shape index (κ3) is 15.1. The fraction of sp³-hybridized carbons (Fsp3) is 0.714. The Morgan fingerprint density at radius 3 is 2.33 bits per heavy atom. The molecule has 0 fully saturated rings. The smallest absolute Gasteiger partial charge is 0.310 e. The molecule has 0 amide bonds. The summed E-state index contributed by atoms with van der Waals surface area (Å²) >= 11 is 0. The first-order valence-electron chi connectivity index (χ1n) is 9.92. The van der Waals surface area contributed by atoms with Gasteiger partial charge in [-0.1, -0.05) is 13.3 Å². The van der Waals surface area contributed by atoms with Crippen molar-refractivity contribution in [2.24, 2.45) is 0 Å². The van der Waals surface area contributed by atoms with Crippen molar-refractivity contribution < 1.29 is 24.2 Å². The van der Waals surface area contributed by atoms with E-state index in [0.717, 1.165) is 57.6 Å². The standard InChI is InChI=1S/C21H37NO5/c1-5-10-18(23)16-19(24)15-17(2)27-21(25)13-7-6-11-20(26-4)12-8-9-14-22-3/h15-16,20,22,24H,5-14H2,1-4H3/b17-15+,19-16+. The number of hydrogen-bond donors (Lipinski definition) is 2. The molecular weight excluding hydrogens is 346 g/mol. The molecule has 0 spiro atoms. The van der Waals surface area contributed by atoms with Crippen LogP contribution in [0.1, 0.15) is 71.6 Å². The average Bonchev–Trinajstić information content (AvgIpc) is 2.60. The molecule has 0 aliphatic rings. The Labute approximate surface area is 164 Å². The van der Waals surface area contributed by atoms with Gasteiger partial charge in [0.2, 0.25) is 0 Å². The Morgan fingerprint density at radius 2 is 1.74 bits per heavy atom. The number of carbonyl (C=O) groups is 2. The van der Waals surface area contributed by atoms with Crippen molar-refractivity contribution in [1.29, 1.82) is 0 Å². The molecule has 2 N–H and O–H groups in total. The van der Waals surface area contributed by atoms with Crippen LogP contribution in [0, 0.1) is 0 Å². The molecule has 0 aliphatic heterocycles. The van der Waals surface area contributed by atoms with Gasteiger partial charge in [0, 0.05) is 32.1 Å². The van der Waals surface area contributed by atoms with E-state index in [9.17, 15) is 14.7 Å². The highest BCUT2D eigenvalue weighted by Gasteiger charge is 2.09. The highest BCUT2D eigenvalue weighted by atomic mass is 16.5. The molecule has 0 aromatic heterocycles. The fourth-order valence-electron chi connectivity index (χ4n) is 2.69. The average molecular weight is 384 g/mol. The van der Waals surface area contributed by atoms with Crippen LogP contribution in [0.15, 0.2) is 23.7 Å². The van der Waals surface area contributed by atoms with Crippen LogP contribution < -0.4 is 5.32 Å². The van der Waals surface area contributed by atoms with E-state index in [1.807, 2.05) is 14.0 Å². The van der Waals surface area contributed by atoms with Gasteiger partial charge in [0.25, 0.3) is 0 Å². The summed E-state index contributed by atoms with van der Waals surface area (Å²) in [7, 11) is 3.68. The Balaban J connectivity index is 4.07. The monoisotopic (exact) mass is 383 g/mol. The Morgan fingerprint density at radius 1 is 1.07 bits per heavy atom. The minimum absolute atomic E-state index is 0.149. The Hall–Kier alpha value is -1.66. The molecular formula is C21H37NO5. The summed E-state index contributed by atoms with van der Waals surface area (Å²) in [5, 5.41) is 12.8. The molecule has 0 aliphatic carbocycles. The summed E-state index contributed by atoms with van der Waals surface area (Å²) in [6, 6.07) is 0. The van der Waals surface area contributed by atoms with Gasteiger partial charge in [-0.25, -0.2) is 0 Å². The van der Waals surface area contributed by atoms with E-state index < -0.39 is 0 Å². The summed E-state index contributed by atoms with van der Waals surface area (Å²) in [5.41, 5.74) is 0. The van der Waals surface area contributed by atoms with E-state index in [2.05, 4.69) is 5.32 Å². The summed E-state index contributed by atoms with van der Waals surface area (Å²) in [6.45, 7) is 4.50. The van der Waals surface area contributed by atoms with Crippen molar-refractivity contribution in [2.75, 3.05) is 20.7 Å². The number of allylic oxidation sites excluding steroid dienone is 3. The number of methoxy groups -OCH3 is 1. The first-order valence-corrected chi connectivity index (χ1v) is 9.92. The molecule has 6 nitrogen and oxygen atoms in total. The predicted octanol–water partition coefficient (Wildman–Crippen LogP) is 4.21. The molecule has 0 rings (SSSR count). The largest absolute Gasteiger partial charge is 0.508 e. The molecule has 27 heavy (non-hydrogen) atoms. The van der Waals surface area contributed by atoms with Crippen LogP contribution in [0.2, 0.25) is 0 Å². The van der Waals surface area contributed by atoms with Crippen LogP contribution in [0.5, 0.6) is 0 Å². The van der Waals surface area contributed by atoms with E-state index >= 15 is 0 Å². The number of rotatable bonds is 16. The lowest BCUT2D eigenvalue weighted by Gasteiger charge is -2.15. The summed E-state index contributed by atoms with van der Waals surface area (Å²) < 4.78 is 10.6. The molecule has 156 valence electrons. The number of hydrogen-bond acceptors (Lipinski definition) is 6. The maximum absolute atomic E-state index is 11.8. The topological polar surface area (TPSA) is 84.9 Å². The highest BCUT2D eigenvalue weighted by molar-refractivity contribution is 5.90. The van der Waals surface area contributed by atoms with Crippen LogP contribution in [-0.4, -0.2) is 43.7 Å². The second-order valence-corrected chi connectivity index (χ2v) is 6.72. The molecule has 1 atom stereocenters. The number of aliphatic hydroxyl groups excluding tert-OH is 1. The van der Waals surface area contributed by atoms with E-state index in [-0.39, 0.29) is 29.4 Å². The lowest BCUT2D eigenvalue weighted by molar-refractivity contribution is -0.139. The van der Waals surface area contributed by atoms with Crippen LogP contribution in [0.25, 0.3) is 0 Å². The van der Waals surface area contributed by atoms with Crippen LogP contribution in [0.3, 0.4) is 0 Å².